The highest BCUT2D eigenvalue weighted by molar-refractivity contribution is 5.31. The van der Waals surface area contributed by atoms with Crippen LogP contribution in [-0.2, 0) is 5.11 Å². The molecule has 0 fully saturated rings. The maximum absolute atomic E-state index is 10.4. The third kappa shape index (κ3) is 1.39. The van der Waals surface area contributed by atoms with Gasteiger partial charge in [-0.3, -0.25) is 0 Å². The zero-order chi connectivity index (χ0) is 7.56. The zero-order valence-corrected chi connectivity index (χ0v) is 6.42. The van der Waals surface area contributed by atoms with Crippen LogP contribution in [0.25, 0.3) is 0 Å². The Hall–Kier alpha value is -0.760. The molecule has 0 aromatic heterocycles. The van der Waals surface area contributed by atoms with Gasteiger partial charge >= 0.3 is 0 Å². The number of hydrogen-bond acceptors (Lipinski definition) is 1. The Morgan fingerprint density at radius 3 is 2.60 bits per heavy atom. The maximum Gasteiger partial charge on any atom is 0.104 e. The normalized spacial score (nSPS) is 16.7. The van der Waals surface area contributed by atoms with Crippen molar-refractivity contribution in [3.8, 4) is 0 Å². The van der Waals surface area contributed by atoms with E-state index in [2.05, 4.69) is 6.08 Å². The molecule has 55 valence electrons. The van der Waals surface area contributed by atoms with Gasteiger partial charge in [-0.1, -0.05) is 6.08 Å². The van der Waals surface area contributed by atoms with Crippen molar-refractivity contribution in [3.05, 3.63) is 23.4 Å². The lowest BCUT2D eigenvalue weighted by atomic mass is 10.3. The van der Waals surface area contributed by atoms with Crippen LogP contribution in [-0.4, -0.2) is 25.6 Å². The van der Waals surface area contributed by atoms with Crippen molar-refractivity contribution in [2.75, 3.05) is 20.7 Å². The van der Waals surface area contributed by atoms with E-state index in [1.165, 1.54) is 0 Å². The topological polar surface area (TPSA) is 23.1 Å². The Balaban J connectivity index is 2.59. The molecule has 0 aromatic rings. The first-order chi connectivity index (χ1) is 4.74. The largest absolute Gasteiger partial charge is 0.378 e. The molecule has 0 saturated carbocycles. The predicted molar refractivity (Wildman–Crippen MR) is 40.0 cm³/mol. The smallest absolute Gasteiger partial charge is 0.104 e. The third-order valence-electron chi connectivity index (χ3n) is 1.63. The summed E-state index contributed by atoms with van der Waals surface area (Å²) in [7, 11) is 3.96. The summed E-state index contributed by atoms with van der Waals surface area (Å²) < 4.78 is 0. The second kappa shape index (κ2) is 2.88. The minimum atomic E-state index is -0.0617. The van der Waals surface area contributed by atoms with E-state index in [0.29, 0.717) is 0 Å². The highest BCUT2D eigenvalue weighted by Gasteiger charge is 2.06. The van der Waals surface area contributed by atoms with E-state index in [0.717, 1.165) is 17.7 Å². The molecule has 2 nitrogen and oxygen atoms in total. The molecule has 0 spiro atoms. The fourth-order valence-corrected chi connectivity index (χ4v) is 0.975. The van der Waals surface area contributed by atoms with Crippen LogP contribution < -0.4 is 0 Å². The number of hydrogen-bond donors (Lipinski definition) is 0. The van der Waals surface area contributed by atoms with Gasteiger partial charge in [0.25, 0.3) is 0 Å². The van der Waals surface area contributed by atoms with Gasteiger partial charge in [-0.05, 0) is 18.1 Å². The standard InChI is InChI=1S/C8H12NO/c1-9(2)8-4-3-7(5-8)6-10/h4-5H,3,6H2,1-2H3. The van der Waals surface area contributed by atoms with Crippen LogP contribution in [0, 0.1) is 0 Å². The summed E-state index contributed by atoms with van der Waals surface area (Å²) in [6, 6.07) is 0. The van der Waals surface area contributed by atoms with Gasteiger partial charge in [-0.25, -0.2) is 5.11 Å². The number of nitrogens with zero attached hydrogens (tertiary/aromatic N) is 1. The van der Waals surface area contributed by atoms with E-state index in [-0.39, 0.29) is 6.61 Å². The van der Waals surface area contributed by atoms with Gasteiger partial charge in [-0.2, -0.15) is 0 Å². The zero-order valence-electron chi connectivity index (χ0n) is 6.42. The Morgan fingerprint density at radius 2 is 2.30 bits per heavy atom. The molecule has 0 atom stereocenters. The van der Waals surface area contributed by atoms with Crippen LogP contribution >= 0.6 is 0 Å². The lowest BCUT2D eigenvalue weighted by Crippen LogP contribution is -2.07. The lowest BCUT2D eigenvalue weighted by Gasteiger charge is -2.10. The molecule has 1 aliphatic rings. The van der Waals surface area contributed by atoms with Gasteiger partial charge in [0.05, 0.1) is 0 Å². The molecular formula is C8H12NO. The summed E-state index contributed by atoms with van der Waals surface area (Å²) in [5, 5.41) is 10.4. The van der Waals surface area contributed by atoms with Crippen LogP contribution in [0.4, 0.5) is 0 Å². The second-order valence-electron chi connectivity index (χ2n) is 2.67. The van der Waals surface area contributed by atoms with Gasteiger partial charge in [0, 0.05) is 19.8 Å². The highest BCUT2D eigenvalue weighted by atomic mass is 16.3. The number of likely N-dealkylation sites (N-methyl/N-ethyl adjacent to an activating group) is 1. The Kier molecular flexibility index (Phi) is 2.12. The molecule has 1 radical (unpaired) electrons. The molecule has 0 heterocycles. The fourth-order valence-electron chi connectivity index (χ4n) is 0.975. The van der Waals surface area contributed by atoms with Crippen LogP contribution in [0.5, 0.6) is 0 Å². The van der Waals surface area contributed by atoms with Gasteiger partial charge in [0.1, 0.15) is 6.61 Å². The molecular weight excluding hydrogens is 126 g/mol. The van der Waals surface area contributed by atoms with Crippen molar-refractivity contribution < 1.29 is 5.11 Å². The first-order valence-electron chi connectivity index (χ1n) is 3.39. The van der Waals surface area contributed by atoms with E-state index < -0.39 is 0 Å². The van der Waals surface area contributed by atoms with Crippen molar-refractivity contribution in [3.63, 3.8) is 0 Å². The van der Waals surface area contributed by atoms with Crippen LogP contribution in [0.1, 0.15) is 6.42 Å². The van der Waals surface area contributed by atoms with E-state index in [1.807, 2.05) is 25.1 Å². The summed E-state index contributed by atoms with van der Waals surface area (Å²) >= 11 is 0. The molecule has 10 heavy (non-hydrogen) atoms. The Morgan fingerprint density at radius 1 is 1.60 bits per heavy atom. The minimum Gasteiger partial charge on any atom is -0.378 e. The average Bonchev–Trinajstić information content (AvgIpc) is 2.34. The first kappa shape index (κ1) is 7.35. The van der Waals surface area contributed by atoms with E-state index in [1.54, 1.807) is 0 Å². The fraction of sp³-hybridized carbons (Fsp3) is 0.500. The number of rotatable bonds is 2. The monoisotopic (exact) mass is 138 g/mol. The Bertz CT molecular complexity index is 180. The minimum absolute atomic E-state index is 0.0617. The van der Waals surface area contributed by atoms with Gasteiger partial charge in [-0.15, -0.1) is 0 Å². The van der Waals surface area contributed by atoms with Crippen molar-refractivity contribution in [1.29, 1.82) is 0 Å². The molecule has 0 N–H and O–H groups in total. The summed E-state index contributed by atoms with van der Waals surface area (Å²) in [4.78, 5) is 2.02. The predicted octanol–water partition coefficient (Wildman–Crippen LogP) is 1.19. The summed E-state index contributed by atoms with van der Waals surface area (Å²) in [6.07, 6.45) is 4.89. The average molecular weight is 138 g/mol. The van der Waals surface area contributed by atoms with E-state index in [9.17, 15) is 5.11 Å². The van der Waals surface area contributed by atoms with E-state index in [4.69, 9.17) is 0 Å². The number of allylic oxidation sites excluding steroid dienone is 2. The van der Waals surface area contributed by atoms with Crippen molar-refractivity contribution in [1.82, 2.24) is 4.90 Å². The molecule has 0 saturated heterocycles. The van der Waals surface area contributed by atoms with Gasteiger partial charge < -0.3 is 4.90 Å². The van der Waals surface area contributed by atoms with Crippen LogP contribution in [0.3, 0.4) is 0 Å². The molecule has 1 rings (SSSR count). The maximum atomic E-state index is 10.4. The molecule has 2 heteroatoms. The molecule has 0 aliphatic heterocycles. The van der Waals surface area contributed by atoms with Crippen molar-refractivity contribution in [2.45, 2.75) is 6.42 Å². The SMILES string of the molecule is CN(C)C1=CCC(C[O])=C1. The van der Waals surface area contributed by atoms with Crippen molar-refractivity contribution >= 4 is 0 Å². The molecule has 0 bridgehead atoms. The van der Waals surface area contributed by atoms with Crippen LogP contribution in [0.2, 0.25) is 0 Å². The third-order valence-corrected chi connectivity index (χ3v) is 1.63. The summed E-state index contributed by atoms with van der Waals surface area (Å²) in [6.45, 7) is -0.0617. The highest BCUT2D eigenvalue weighted by Crippen LogP contribution is 2.17. The van der Waals surface area contributed by atoms with Gasteiger partial charge in [0.15, 0.2) is 0 Å². The lowest BCUT2D eigenvalue weighted by molar-refractivity contribution is 0.222. The second-order valence-corrected chi connectivity index (χ2v) is 2.67. The molecule has 0 aromatic carbocycles. The quantitative estimate of drug-likeness (QED) is 0.562. The summed E-state index contributed by atoms with van der Waals surface area (Å²) in [5.74, 6) is 0. The van der Waals surface area contributed by atoms with Crippen molar-refractivity contribution in [2.24, 2.45) is 0 Å². The van der Waals surface area contributed by atoms with E-state index >= 15 is 0 Å². The summed E-state index contributed by atoms with van der Waals surface area (Å²) in [5.41, 5.74) is 2.15. The molecule has 1 aliphatic carbocycles. The Labute approximate surface area is 61.5 Å². The molecule has 0 unspecified atom stereocenters. The first-order valence-corrected chi connectivity index (χ1v) is 3.39. The van der Waals surface area contributed by atoms with Crippen LogP contribution in [0.15, 0.2) is 23.4 Å². The van der Waals surface area contributed by atoms with Gasteiger partial charge in [0.2, 0.25) is 0 Å². The molecule has 0 amide bonds.